The number of benzene rings is 1. The summed E-state index contributed by atoms with van der Waals surface area (Å²) < 4.78 is 39.9. The molecule has 0 radical (unpaired) electrons. The first-order valence-electron chi connectivity index (χ1n) is 3.76. The molecule has 0 atom stereocenters. The second kappa shape index (κ2) is 3.95. The number of methoxy groups -OCH3 is 1. The van der Waals surface area contributed by atoms with E-state index in [4.69, 9.17) is 5.14 Å². The molecule has 1 aromatic rings. The molecule has 0 bridgehead atoms. The van der Waals surface area contributed by atoms with E-state index in [0.29, 0.717) is 6.29 Å². The van der Waals surface area contributed by atoms with Gasteiger partial charge in [0, 0.05) is 0 Å². The van der Waals surface area contributed by atoms with Gasteiger partial charge in [0.1, 0.15) is 4.90 Å². The molecule has 0 aliphatic rings. The van der Waals surface area contributed by atoms with Crippen LogP contribution in [-0.4, -0.2) is 21.8 Å². The molecule has 7 heteroatoms. The number of primary sulfonamides is 1. The van der Waals surface area contributed by atoms with Crippen molar-refractivity contribution >= 4 is 16.3 Å². The Labute approximate surface area is 85.7 Å². The number of hydrogen-bond acceptors (Lipinski definition) is 4. The van der Waals surface area contributed by atoms with Gasteiger partial charge >= 0.3 is 0 Å². The van der Waals surface area contributed by atoms with Crippen LogP contribution in [0.3, 0.4) is 0 Å². The van der Waals surface area contributed by atoms with Gasteiger partial charge in [-0.1, -0.05) is 0 Å². The molecule has 0 saturated carbocycles. The highest BCUT2D eigenvalue weighted by molar-refractivity contribution is 7.89. The van der Waals surface area contributed by atoms with Gasteiger partial charge in [-0.2, -0.15) is 0 Å². The molecule has 0 heterocycles. The topological polar surface area (TPSA) is 86.5 Å². The summed E-state index contributed by atoms with van der Waals surface area (Å²) in [4.78, 5) is 9.77. The minimum Gasteiger partial charge on any atom is -0.493 e. The van der Waals surface area contributed by atoms with Crippen molar-refractivity contribution in [2.45, 2.75) is 4.90 Å². The molecule has 82 valence electrons. The van der Waals surface area contributed by atoms with E-state index in [1.54, 1.807) is 0 Å². The number of aldehydes is 1. The van der Waals surface area contributed by atoms with E-state index in [1.165, 1.54) is 0 Å². The van der Waals surface area contributed by atoms with Crippen molar-refractivity contribution in [3.8, 4) is 5.75 Å². The van der Waals surface area contributed by atoms with Gasteiger partial charge in [0.25, 0.3) is 0 Å². The molecule has 5 nitrogen and oxygen atoms in total. The fourth-order valence-electron chi connectivity index (χ4n) is 1.07. The molecule has 1 aromatic carbocycles. The Bertz CT molecular complexity index is 498. The number of sulfonamides is 1. The molecule has 0 aromatic heterocycles. The number of carbonyl (C=O) groups is 1. The standard InChI is InChI=1S/C8H8FNO4S/c1-14-8-5(4-11)2-3-6(7(8)9)15(10,12)13/h2-4H,1H3,(H2,10,12,13). The number of carbonyl (C=O) groups excluding carboxylic acids is 1. The van der Waals surface area contributed by atoms with Crippen LogP contribution in [0.4, 0.5) is 4.39 Å². The van der Waals surface area contributed by atoms with Crippen LogP contribution in [0, 0.1) is 5.82 Å². The first-order chi connectivity index (χ1) is 6.91. The van der Waals surface area contributed by atoms with Gasteiger partial charge < -0.3 is 4.74 Å². The van der Waals surface area contributed by atoms with Gasteiger partial charge in [0.2, 0.25) is 10.0 Å². The molecule has 15 heavy (non-hydrogen) atoms. The van der Waals surface area contributed by atoms with Crippen LogP contribution in [0.25, 0.3) is 0 Å². The quantitative estimate of drug-likeness (QED) is 0.760. The number of hydrogen-bond donors (Lipinski definition) is 1. The smallest absolute Gasteiger partial charge is 0.241 e. The molecule has 0 aliphatic heterocycles. The zero-order chi connectivity index (χ0) is 11.6. The van der Waals surface area contributed by atoms with Crippen molar-refractivity contribution in [1.82, 2.24) is 0 Å². The maximum absolute atomic E-state index is 13.5. The molecule has 0 aliphatic carbocycles. The molecule has 1 rings (SSSR count). The van der Waals surface area contributed by atoms with E-state index in [0.717, 1.165) is 19.2 Å². The minimum atomic E-state index is -4.16. The van der Waals surface area contributed by atoms with Crippen LogP contribution >= 0.6 is 0 Å². The Balaban J connectivity index is 3.56. The lowest BCUT2D eigenvalue weighted by atomic mass is 10.2. The maximum Gasteiger partial charge on any atom is 0.241 e. The summed E-state index contributed by atoms with van der Waals surface area (Å²) in [7, 11) is -3.04. The van der Waals surface area contributed by atoms with Crippen molar-refractivity contribution in [3.63, 3.8) is 0 Å². The molecule has 0 saturated heterocycles. The Kier molecular flexibility index (Phi) is 3.06. The molecule has 2 N–H and O–H groups in total. The average Bonchev–Trinajstić information content (AvgIpc) is 2.15. The van der Waals surface area contributed by atoms with Gasteiger partial charge in [-0.15, -0.1) is 0 Å². The van der Waals surface area contributed by atoms with E-state index >= 15 is 0 Å². The number of halogens is 1. The first kappa shape index (κ1) is 11.6. The average molecular weight is 233 g/mol. The van der Waals surface area contributed by atoms with Gasteiger partial charge in [0.05, 0.1) is 12.7 Å². The summed E-state index contributed by atoms with van der Waals surface area (Å²) in [6.07, 6.45) is 0.356. The van der Waals surface area contributed by atoms with E-state index in [-0.39, 0.29) is 5.56 Å². The summed E-state index contributed by atoms with van der Waals surface area (Å²) in [5.74, 6) is -1.60. The normalized spacial score (nSPS) is 11.1. The Morgan fingerprint density at radius 1 is 1.47 bits per heavy atom. The molecular weight excluding hydrogens is 225 g/mol. The van der Waals surface area contributed by atoms with E-state index in [1.807, 2.05) is 0 Å². The minimum absolute atomic E-state index is 0.0811. The first-order valence-corrected chi connectivity index (χ1v) is 5.31. The van der Waals surface area contributed by atoms with Gasteiger partial charge in [0.15, 0.2) is 17.9 Å². The second-order valence-corrected chi connectivity index (χ2v) is 4.19. The van der Waals surface area contributed by atoms with Gasteiger partial charge in [-0.25, -0.2) is 17.9 Å². The number of nitrogens with two attached hydrogens (primary N) is 1. The third-order valence-electron chi connectivity index (χ3n) is 1.73. The summed E-state index contributed by atoms with van der Waals surface area (Å²) in [6, 6.07) is 2.03. The molecular formula is C8H8FNO4S. The second-order valence-electron chi connectivity index (χ2n) is 2.66. The summed E-state index contributed by atoms with van der Waals surface area (Å²) in [6.45, 7) is 0. The monoisotopic (exact) mass is 233 g/mol. The fraction of sp³-hybridized carbons (Fsp3) is 0.125. The largest absolute Gasteiger partial charge is 0.493 e. The SMILES string of the molecule is COc1c(C=O)ccc(S(N)(=O)=O)c1F. The van der Waals surface area contributed by atoms with E-state index in [9.17, 15) is 17.6 Å². The Morgan fingerprint density at radius 2 is 2.07 bits per heavy atom. The Morgan fingerprint density at radius 3 is 2.47 bits per heavy atom. The predicted octanol–water partition coefficient (Wildman–Crippen LogP) is 0.294. The lowest BCUT2D eigenvalue weighted by Gasteiger charge is -2.07. The zero-order valence-corrected chi connectivity index (χ0v) is 8.55. The van der Waals surface area contributed by atoms with Gasteiger partial charge in [-0.3, -0.25) is 4.79 Å². The van der Waals surface area contributed by atoms with Crippen LogP contribution in [-0.2, 0) is 10.0 Å². The van der Waals surface area contributed by atoms with E-state index in [2.05, 4.69) is 4.74 Å². The lowest BCUT2D eigenvalue weighted by Crippen LogP contribution is -2.15. The highest BCUT2D eigenvalue weighted by Gasteiger charge is 2.20. The highest BCUT2D eigenvalue weighted by atomic mass is 32.2. The maximum atomic E-state index is 13.5. The van der Waals surface area contributed by atoms with Crippen molar-refractivity contribution < 1.29 is 22.3 Å². The lowest BCUT2D eigenvalue weighted by molar-refractivity contribution is 0.111. The summed E-state index contributed by atoms with van der Waals surface area (Å²) >= 11 is 0. The zero-order valence-electron chi connectivity index (χ0n) is 7.73. The van der Waals surface area contributed by atoms with Crippen LogP contribution in [0.1, 0.15) is 10.4 Å². The molecule has 0 unspecified atom stereocenters. The third kappa shape index (κ3) is 2.13. The fourth-order valence-corrected chi connectivity index (χ4v) is 1.67. The van der Waals surface area contributed by atoms with Crippen LogP contribution < -0.4 is 9.88 Å². The molecule has 0 fully saturated rings. The third-order valence-corrected chi connectivity index (χ3v) is 2.66. The molecule has 0 amide bonds. The van der Waals surface area contributed by atoms with Crippen molar-refractivity contribution in [2.24, 2.45) is 5.14 Å². The van der Waals surface area contributed by atoms with Gasteiger partial charge in [-0.05, 0) is 12.1 Å². The van der Waals surface area contributed by atoms with Crippen LogP contribution in [0.2, 0.25) is 0 Å². The van der Waals surface area contributed by atoms with Crippen molar-refractivity contribution in [1.29, 1.82) is 0 Å². The van der Waals surface area contributed by atoms with Crippen molar-refractivity contribution in [2.75, 3.05) is 7.11 Å². The predicted molar refractivity (Wildman–Crippen MR) is 49.7 cm³/mol. The number of rotatable bonds is 3. The summed E-state index contributed by atoms with van der Waals surface area (Å²) in [5, 5.41) is 4.76. The Hall–Kier alpha value is -1.47. The summed E-state index contributed by atoms with van der Waals surface area (Å²) in [5.41, 5.74) is -0.0811. The highest BCUT2D eigenvalue weighted by Crippen LogP contribution is 2.26. The molecule has 0 spiro atoms. The van der Waals surface area contributed by atoms with Crippen LogP contribution in [0.15, 0.2) is 17.0 Å². The van der Waals surface area contributed by atoms with Crippen molar-refractivity contribution in [3.05, 3.63) is 23.5 Å². The number of ether oxygens (including phenoxy) is 1. The van der Waals surface area contributed by atoms with E-state index < -0.39 is 26.5 Å². The van der Waals surface area contributed by atoms with Crippen LogP contribution in [0.5, 0.6) is 5.75 Å².